The number of methoxy groups -OCH3 is 2. The molecule has 3 aromatic carbocycles. The van der Waals surface area contributed by atoms with Crippen LogP contribution in [0.1, 0.15) is 124 Å². The van der Waals surface area contributed by atoms with Crippen LogP contribution in [-0.4, -0.2) is 135 Å². The van der Waals surface area contributed by atoms with E-state index in [1.807, 2.05) is 63.3 Å². The van der Waals surface area contributed by atoms with Crippen molar-refractivity contribution >= 4 is 65.9 Å². The van der Waals surface area contributed by atoms with Crippen molar-refractivity contribution < 1.29 is 56.8 Å². The molecule has 3 aliphatic heterocycles. The predicted molar refractivity (Wildman–Crippen MR) is 323 cm³/mol. The number of nitrogens with zero attached hydrogens (tertiary/aromatic N) is 8. The number of hydrogen-bond acceptors (Lipinski definition) is 16. The lowest BCUT2D eigenvalue weighted by Gasteiger charge is -2.51. The Bertz CT molecular complexity index is 3680. The number of benzene rings is 3. The van der Waals surface area contributed by atoms with Crippen LogP contribution in [0.5, 0.6) is 11.5 Å². The van der Waals surface area contributed by atoms with E-state index >= 15 is 0 Å². The maximum absolute atomic E-state index is 14.9. The summed E-state index contributed by atoms with van der Waals surface area (Å²) in [4.78, 5) is 64.5. The molecule has 0 bridgehead atoms. The van der Waals surface area contributed by atoms with E-state index in [0.717, 1.165) is 29.7 Å². The van der Waals surface area contributed by atoms with Crippen molar-refractivity contribution in [1.29, 1.82) is 0 Å². The number of nitrogens with two attached hydrogens (primary N) is 2. The number of ether oxygens (including phenoxy) is 7. The van der Waals surface area contributed by atoms with Gasteiger partial charge in [-0.2, -0.15) is 10.2 Å². The van der Waals surface area contributed by atoms with Gasteiger partial charge in [0.15, 0.2) is 20.9 Å². The Morgan fingerprint density at radius 3 is 2.08 bits per heavy atom. The van der Waals surface area contributed by atoms with Crippen molar-refractivity contribution in [2.24, 2.45) is 11.5 Å². The fraction of sp³-hybridized carbons (Fsp3) is 0.475. The summed E-state index contributed by atoms with van der Waals surface area (Å²) in [7, 11) is 0.582. The van der Waals surface area contributed by atoms with Gasteiger partial charge in [-0.15, -0.1) is 0 Å². The summed E-state index contributed by atoms with van der Waals surface area (Å²) in [6.07, 6.45) is 3.00. The van der Waals surface area contributed by atoms with Crippen molar-refractivity contribution in [3.63, 3.8) is 0 Å². The normalized spacial score (nSPS) is 21.2. The highest BCUT2D eigenvalue weighted by Gasteiger charge is 2.54. The number of nitrogens with one attached hydrogen (secondary N) is 2. The Balaban J connectivity index is 0.986. The van der Waals surface area contributed by atoms with Crippen LogP contribution in [0.4, 0.5) is 11.9 Å². The molecule has 0 radical (unpaired) electrons. The number of rotatable bonds is 14. The molecule has 86 heavy (non-hydrogen) atoms. The lowest BCUT2D eigenvalue weighted by molar-refractivity contribution is -0.360. The number of allylic oxidation sites excluding steroid dienone is 2. The SMILES string of the molecule is CCn1nc(C)c2c1C(=O)Nc1nc3cc(C(N)=O)cc(OCCCO[C@H]4[C@@H](OC)O[C@@H]5COC(c6ccccc6)O[C@H]5[C@@H]4O[Si](C)(C)C(C)(C)C)c3n1C/C=C/Cn1c(nc3cc(C(N)=O)cc(OC)c31)NC(=O)c1cc(C)nn1CCCCC2. The smallest absolute Gasteiger partial charge is 0.276 e. The first kappa shape index (κ1) is 61.3. The molecular formula is C61H78N12O12Si. The molecule has 3 aliphatic rings. The van der Waals surface area contributed by atoms with Crippen LogP contribution in [0.3, 0.4) is 0 Å². The van der Waals surface area contributed by atoms with Gasteiger partial charge in [0.2, 0.25) is 23.7 Å². The van der Waals surface area contributed by atoms with Crippen LogP contribution in [0, 0.1) is 13.8 Å². The molecule has 7 heterocycles. The summed E-state index contributed by atoms with van der Waals surface area (Å²) < 4.78 is 58.7. The first-order chi connectivity index (χ1) is 41.2. The van der Waals surface area contributed by atoms with Gasteiger partial charge in [-0.3, -0.25) is 39.2 Å². The third-order valence-corrected chi connectivity index (χ3v) is 20.9. The Hall–Kier alpha value is -7.78. The van der Waals surface area contributed by atoms with Gasteiger partial charge >= 0.3 is 0 Å². The third-order valence-electron chi connectivity index (χ3n) is 16.5. The van der Waals surface area contributed by atoms with Gasteiger partial charge in [-0.1, -0.05) is 69.7 Å². The molecule has 6 atom stereocenters. The molecule has 0 aliphatic carbocycles. The van der Waals surface area contributed by atoms with Gasteiger partial charge in [0.1, 0.15) is 58.3 Å². The average molecular weight is 1200 g/mol. The Labute approximate surface area is 499 Å². The number of aryl methyl sites for hydroxylation is 4. The second kappa shape index (κ2) is 25.7. The van der Waals surface area contributed by atoms with Gasteiger partial charge in [-0.25, -0.2) is 9.97 Å². The van der Waals surface area contributed by atoms with Crippen molar-refractivity contribution in [2.75, 3.05) is 44.7 Å². The topological polar surface area (TPSA) is 290 Å². The predicted octanol–water partition coefficient (Wildman–Crippen LogP) is 8.14. The summed E-state index contributed by atoms with van der Waals surface area (Å²) in [6, 6.07) is 17.7. The molecule has 0 saturated carbocycles. The summed E-state index contributed by atoms with van der Waals surface area (Å²) >= 11 is 0. The second-order valence-electron chi connectivity index (χ2n) is 23.4. The Morgan fingerprint density at radius 1 is 0.802 bits per heavy atom. The molecule has 10 rings (SSSR count). The standard InChI is InChI=1S/C61H78N12O12Si/c1-11-72-47-40(36(3)69-72)23-16-13-17-26-73-43(29-35(2)68-73)55(76)66-59-64-41-30-38(53(62)74)32-44(78-7)48(41)70(59)24-18-19-25-71-49-42(65-60(71)67-56(47)77)31-39(54(63)75)33-45(49)80-27-20-28-81-52-51(85-86(9,10)61(4,5)6)50-46(83-58(52)79-8)34-82-57(84-50)37-21-14-12-15-22-37/h12,14-15,18-19,21-22,29-33,46,50-52,57-58H,11,13,16-17,20,23-28,34H2,1-10H3,(H2,62,74)(H2,63,75)(H,64,66,76)(H,65,67,77)/b19-18+/t46-,50-,51+,52-,57?,58+/m1/s1. The van der Waals surface area contributed by atoms with Gasteiger partial charge in [0, 0.05) is 62.0 Å². The van der Waals surface area contributed by atoms with Crippen molar-refractivity contribution in [2.45, 2.75) is 155 Å². The molecule has 6 N–H and O–H groups in total. The van der Waals surface area contributed by atoms with E-state index in [9.17, 15) is 19.2 Å². The minimum atomic E-state index is -2.46. The quantitative estimate of drug-likeness (QED) is 0.0454. The molecule has 458 valence electrons. The molecule has 1 unspecified atom stereocenters. The summed E-state index contributed by atoms with van der Waals surface area (Å²) in [5.74, 6) is -1.34. The van der Waals surface area contributed by atoms with Crippen LogP contribution >= 0.6 is 0 Å². The lowest BCUT2D eigenvalue weighted by atomic mass is 9.97. The van der Waals surface area contributed by atoms with Crippen molar-refractivity contribution in [3.8, 4) is 11.5 Å². The highest BCUT2D eigenvalue weighted by Crippen LogP contribution is 2.43. The second-order valence-corrected chi connectivity index (χ2v) is 28.1. The Kier molecular flexibility index (Phi) is 18.3. The minimum Gasteiger partial charge on any atom is -0.494 e. The van der Waals surface area contributed by atoms with E-state index < -0.39 is 68.9 Å². The number of primary amides is 2. The van der Waals surface area contributed by atoms with Crippen LogP contribution in [0.15, 0.2) is 72.8 Å². The van der Waals surface area contributed by atoms with Crippen LogP contribution in [-0.2, 0) is 60.7 Å². The highest BCUT2D eigenvalue weighted by molar-refractivity contribution is 6.74. The van der Waals surface area contributed by atoms with E-state index in [4.69, 9.17) is 64.1 Å². The fourth-order valence-corrected chi connectivity index (χ4v) is 12.4. The average Bonchev–Trinajstić information content (AvgIpc) is 1.38. The zero-order valence-electron chi connectivity index (χ0n) is 50.5. The number of fused-ring (bicyclic) bond motifs is 9. The van der Waals surface area contributed by atoms with Crippen LogP contribution in [0.25, 0.3) is 22.1 Å². The molecule has 4 amide bonds. The molecule has 25 heteroatoms. The number of imidazole rings is 2. The van der Waals surface area contributed by atoms with Crippen molar-refractivity contribution in [3.05, 3.63) is 118 Å². The zero-order valence-corrected chi connectivity index (χ0v) is 51.5. The monoisotopic (exact) mass is 1200 g/mol. The first-order valence-corrected chi connectivity index (χ1v) is 32.1. The van der Waals surface area contributed by atoms with E-state index in [1.165, 1.54) is 13.2 Å². The number of aromatic nitrogens is 8. The Morgan fingerprint density at radius 2 is 1.45 bits per heavy atom. The molecule has 2 saturated heterocycles. The molecule has 4 aromatic heterocycles. The van der Waals surface area contributed by atoms with Gasteiger partial charge < -0.3 is 58.2 Å². The fourth-order valence-electron chi connectivity index (χ4n) is 11.1. The number of carbonyl (C=O) groups excluding carboxylic acids is 4. The maximum Gasteiger partial charge on any atom is 0.276 e. The number of carbonyl (C=O) groups is 4. The third kappa shape index (κ3) is 12.7. The van der Waals surface area contributed by atoms with Gasteiger partial charge in [-0.05, 0) is 88.5 Å². The van der Waals surface area contributed by atoms with E-state index in [1.54, 1.807) is 49.9 Å². The first-order valence-electron chi connectivity index (χ1n) is 29.2. The lowest BCUT2D eigenvalue weighted by Crippen LogP contribution is -2.66. The molecular weight excluding hydrogens is 1120 g/mol. The zero-order chi connectivity index (χ0) is 61.2. The minimum absolute atomic E-state index is 0.103. The number of hydrogen-bond donors (Lipinski definition) is 4. The summed E-state index contributed by atoms with van der Waals surface area (Å²) in [5, 5.41) is 15.4. The van der Waals surface area contributed by atoms with E-state index in [0.29, 0.717) is 77.3 Å². The molecule has 0 spiro atoms. The largest absolute Gasteiger partial charge is 0.494 e. The van der Waals surface area contributed by atoms with Crippen molar-refractivity contribution in [1.82, 2.24) is 38.7 Å². The molecule has 7 aromatic rings. The van der Waals surface area contributed by atoms with Gasteiger partial charge in [0.25, 0.3) is 11.8 Å². The summed E-state index contributed by atoms with van der Waals surface area (Å²) in [6.45, 7) is 18.2. The molecule has 24 nitrogen and oxygen atoms in total. The summed E-state index contributed by atoms with van der Waals surface area (Å²) in [5.41, 5.74) is 17.5. The maximum atomic E-state index is 14.9. The van der Waals surface area contributed by atoms with E-state index in [-0.39, 0.29) is 66.7 Å². The van der Waals surface area contributed by atoms with E-state index in [2.05, 4.69) is 49.6 Å². The molecule has 2 fully saturated rings. The highest BCUT2D eigenvalue weighted by atomic mass is 28.4. The van der Waals surface area contributed by atoms with Crippen LogP contribution < -0.4 is 31.6 Å². The van der Waals surface area contributed by atoms with Gasteiger partial charge in [0.05, 0.1) is 49.4 Å². The van der Waals surface area contributed by atoms with Crippen LogP contribution in [0.2, 0.25) is 18.1 Å². The number of anilines is 2. The number of amides is 4.